The van der Waals surface area contributed by atoms with Crippen molar-refractivity contribution in [1.82, 2.24) is 9.55 Å². The Labute approximate surface area is 110 Å². The Morgan fingerprint density at radius 3 is 2.56 bits per heavy atom. The quantitative estimate of drug-likeness (QED) is 0.858. The zero-order valence-electron chi connectivity index (χ0n) is 11.8. The number of nitrogens with one attached hydrogen (secondary N) is 1. The van der Waals surface area contributed by atoms with Gasteiger partial charge in [-0.25, -0.2) is 13.4 Å². The summed E-state index contributed by atoms with van der Waals surface area (Å²) in [5.74, 6) is 1.23. The molecule has 5 nitrogen and oxygen atoms in total. The SMILES string of the molecule is CC(C)CNc1nccn1CC(C)(C)S(C)(=O)=O. The van der Waals surface area contributed by atoms with E-state index in [9.17, 15) is 8.42 Å². The monoisotopic (exact) mass is 273 g/mol. The molecule has 0 aliphatic carbocycles. The van der Waals surface area contributed by atoms with E-state index in [0.29, 0.717) is 12.5 Å². The summed E-state index contributed by atoms with van der Waals surface area (Å²) < 4.78 is 24.5. The maximum atomic E-state index is 11.7. The Balaban J connectivity index is 2.83. The molecular formula is C12H23N3O2S. The summed E-state index contributed by atoms with van der Waals surface area (Å²) in [6.07, 6.45) is 4.75. The smallest absolute Gasteiger partial charge is 0.202 e. The van der Waals surface area contributed by atoms with Crippen LogP contribution >= 0.6 is 0 Å². The number of rotatable bonds is 6. The van der Waals surface area contributed by atoms with E-state index in [1.165, 1.54) is 6.26 Å². The number of sulfone groups is 1. The molecule has 0 bridgehead atoms. The van der Waals surface area contributed by atoms with E-state index >= 15 is 0 Å². The van der Waals surface area contributed by atoms with Crippen molar-refractivity contribution in [3.05, 3.63) is 12.4 Å². The van der Waals surface area contributed by atoms with Crippen LogP contribution in [0.1, 0.15) is 27.7 Å². The van der Waals surface area contributed by atoms with Gasteiger partial charge in [0, 0.05) is 31.7 Å². The molecule has 0 aliphatic heterocycles. The van der Waals surface area contributed by atoms with Crippen LogP contribution < -0.4 is 5.32 Å². The predicted octanol–water partition coefficient (Wildman–Crippen LogP) is 1.77. The van der Waals surface area contributed by atoms with Gasteiger partial charge < -0.3 is 9.88 Å². The molecule has 18 heavy (non-hydrogen) atoms. The Bertz CT molecular complexity index is 489. The molecule has 0 atom stereocenters. The van der Waals surface area contributed by atoms with Crippen LogP contribution in [0.5, 0.6) is 0 Å². The van der Waals surface area contributed by atoms with Gasteiger partial charge in [-0.15, -0.1) is 0 Å². The lowest BCUT2D eigenvalue weighted by Crippen LogP contribution is -2.36. The average molecular weight is 273 g/mol. The molecule has 0 saturated carbocycles. The van der Waals surface area contributed by atoms with Gasteiger partial charge in [-0.3, -0.25) is 0 Å². The second-order valence-corrected chi connectivity index (χ2v) is 8.33. The number of aromatic nitrogens is 2. The maximum Gasteiger partial charge on any atom is 0.202 e. The zero-order valence-corrected chi connectivity index (χ0v) is 12.6. The number of nitrogens with zero attached hydrogens (tertiary/aromatic N) is 2. The minimum Gasteiger partial charge on any atom is -0.355 e. The fraction of sp³-hybridized carbons (Fsp3) is 0.750. The standard InChI is InChI=1S/C12H23N3O2S/c1-10(2)8-14-11-13-6-7-15(11)9-12(3,4)18(5,16)17/h6-7,10H,8-9H2,1-5H3,(H,13,14). The minimum atomic E-state index is -3.10. The van der Waals surface area contributed by atoms with Crippen LogP contribution in [-0.4, -0.2) is 35.5 Å². The zero-order chi connectivity index (χ0) is 14.0. The first-order valence-electron chi connectivity index (χ1n) is 6.08. The summed E-state index contributed by atoms with van der Waals surface area (Å²) in [6.45, 7) is 8.90. The van der Waals surface area contributed by atoms with E-state index in [0.717, 1.165) is 12.5 Å². The van der Waals surface area contributed by atoms with Crippen molar-refractivity contribution in [2.24, 2.45) is 5.92 Å². The van der Waals surface area contributed by atoms with E-state index < -0.39 is 14.6 Å². The van der Waals surface area contributed by atoms with Crippen molar-refractivity contribution in [1.29, 1.82) is 0 Å². The summed E-state index contributed by atoms with van der Waals surface area (Å²) in [5, 5.41) is 3.22. The van der Waals surface area contributed by atoms with Gasteiger partial charge in [-0.1, -0.05) is 13.8 Å². The van der Waals surface area contributed by atoms with E-state index in [1.54, 1.807) is 26.2 Å². The molecular weight excluding hydrogens is 250 g/mol. The van der Waals surface area contributed by atoms with Crippen LogP contribution in [0, 0.1) is 5.92 Å². The maximum absolute atomic E-state index is 11.7. The summed E-state index contributed by atoms with van der Waals surface area (Å²) in [7, 11) is -3.10. The third-order valence-electron chi connectivity index (χ3n) is 2.94. The Kier molecular flexibility index (Phi) is 4.42. The van der Waals surface area contributed by atoms with E-state index in [-0.39, 0.29) is 0 Å². The van der Waals surface area contributed by atoms with Crippen molar-refractivity contribution in [3.63, 3.8) is 0 Å². The molecule has 0 fully saturated rings. The molecule has 0 aliphatic rings. The van der Waals surface area contributed by atoms with Crippen LogP contribution in [0.4, 0.5) is 5.95 Å². The molecule has 1 N–H and O–H groups in total. The van der Waals surface area contributed by atoms with Crippen LogP contribution in [0.3, 0.4) is 0 Å². The van der Waals surface area contributed by atoms with Crippen LogP contribution in [0.2, 0.25) is 0 Å². The Morgan fingerprint density at radius 2 is 2.06 bits per heavy atom. The molecule has 1 heterocycles. The number of hydrogen-bond donors (Lipinski definition) is 1. The topological polar surface area (TPSA) is 64.0 Å². The highest BCUT2D eigenvalue weighted by Gasteiger charge is 2.31. The second kappa shape index (κ2) is 5.30. The van der Waals surface area contributed by atoms with Crippen LogP contribution in [-0.2, 0) is 16.4 Å². The normalized spacial score (nSPS) is 13.0. The summed E-state index contributed by atoms with van der Waals surface area (Å²) >= 11 is 0. The summed E-state index contributed by atoms with van der Waals surface area (Å²) in [6, 6.07) is 0. The van der Waals surface area contributed by atoms with E-state index in [2.05, 4.69) is 24.1 Å². The molecule has 0 saturated heterocycles. The lowest BCUT2D eigenvalue weighted by atomic mass is 10.2. The first-order valence-corrected chi connectivity index (χ1v) is 7.97. The van der Waals surface area contributed by atoms with Gasteiger partial charge in [0.15, 0.2) is 9.84 Å². The first kappa shape index (κ1) is 15.0. The molecule has 0 unspecified atom stereocenters. The van der Waals surface area contributed by atoms with Crippen molar-refractivity contribution in [2.45, 2.75) is 39.0 Å². The fourth-order valence-corrected chi connectivity index (χ4v) is 1.80. The van der Waals surface area contributed by atoms with Gasteiger partial charge >= 0.3 is 0 Å². The van der Waals surface area contributed by atoms with Crippen molar-refractivity contribution >= 4 is 15.8 Å². The number of hydrogen-bond acceptors (Lipinski definition) is 4. The number of imidazole rings is 1. The van der Waals surface area contributed by atoms with E-state index in [1.807, 2.05) is 4.57 Å². The Morgan fingerprint density at radius 1 is 1.44 bits per heavy atom. The highest BCUT2D eigenvalue weighted by Crippen LogP contribution is 2.20. The van der Waals surface area contributed by atoms with Crippen molar-refractivity contribution < 1.29 is 8.42 Å². The van der Waals surface area contributed by atoms with Gasteiger partial charge in [-0.2, -0.15) is 0 Å². The van der Waals surface area contributed by atoms with Crippen molar-refractivity contribution in [2.75, 3.05) is 18.1 Å². The first-order chi connectivity index (χ1) is 8.13. The summed E-state index contributed by atoms with van der Waals surface area (Å²) in [4.78, 5) is 4.21. The fourth-order valence-electron chi connectivity index (χ4n) is 1.43. The lowest BCUT2D eigenvalue weighted by molar-refractivity contribution is 0.504. The van der Waals surface area contributed by atoms with Gasteiger partial charge in [0.2, 0.25) is 5.95 Å². The molecule has 1 aromatic rings. The van der Waals surface area contributed by atoms with Crippen LogP contribution in [0.25, 0.3) is 0 Å². The van der Waals surface area contributed by atoms with Gasteiger partial charge in [0.1, 0.15) is 0 Å². The molecule has 1 aromatic heterocycles. The summed E-state index contributed by atoms with van der Waals surface area (Å²) in [5.41, 5.74) is 0. The molecule has 0 amide bonds. The molecule has 1 rings (SSSR count). The molecule has 6 heteroatoms. The highest BCUT2D eigenvalue weighted by atomic mass is 32.2. The number of anilines is 1. The van der Waals surface area contributed by atoms with Crippen LogP contribution in [0.15, 0.2) is 12.4 Å². The highest BCUT2D eigenvalue weighted by molar-refractivity contribution is 7.92. The Hall–Kier alpha value is -1.04. The predicted molar refractivity (Wildman–Crippen MR) is 74.5 cm³/mol. The van der Waals surface area contributed by atoms with Gasteiger partial charge in [0.25, 0.3) is 0 Å². The third kappa shape index (κ3) is 3.73. The molecule has 0 aromatic carbocycles. The lowest BCUT2D eigenvalue weighted by Gasteiger charge is -2.24. The average Bonchev–Trinajstić information content (AvgIpc) is 2.59. The molecule has 104 valence electrons. The molecule has 0 spiro atoms. The van der Waals surface area contributed by atoms with Gasteiger partial charge in [0.05, 0.1) is 4.75 Å². The minimum absolute atomic E-state index is 0.395. The molecule has 0 radical (unpaired) electrons. The van der Waals surface area contributed by atoms with E-state index in [4.69, 9.17) is 0 Å². The second-order valence-electron chi connectivity index (χ2n) is 5.69. The van der Waals surface area contributed by atoms with Crippen molar-refractivity contribution in [3.8, 4) is 0 Å². The largest absolute Gasteiger partial charge is 0.355 e. The third-order valence-corrected chi connectivity index (χ3v) is 5.08. The van der Waals surface area contributed by atoms with Gasteiger partial charge in [-0.05, 0) is 19.8 Å².